The smallest absolute Gasteiger partial charge is 0.123 e. The van der Waals surface area contributed by atoms with Crippen molar-refractivity contribution in [3.8, 4) is 11.5 Å². The Morgan fingerprint density at radius 1 is 0.829 bits per heavy atom. The number of aliphatic hydroxyl groups excluding tert-OH is 4. The number of allylic oxidation sites excluding steroid dienone is 1. The maximum atomic E-state index is 10.7. The Balaban J connectivity index is 1.65. The monoisotopic (exact) mass is 478 g/mol. The predicted molar refractivity (Wildman–Crippen MR) is 131 cm³/mol. The minimum atomic E-state index is -1.47. The maximum Gasteiger partial charge on any atom is 0.123 e. The van der Waals surface area contributed by atoms with E-state index >= 15 is 0 Å². The Morgan fingerprint density at radius 2 is 1.57 bits per heavy atom. The molecule has 7 nitrogen and oxygen atoms in total. The fourth-order valence-electron chi connectivity index (χ4n) is 4.20. The number of ether oxygens (including phenoxy) is 2. The fourth-order valence-corrected chi connectivity index (χ4v) is 4.20. The van der Waals surface area contributed by atoms with Crippen LogP contribution in [0.1, 0.15) is 28.4 Å². The molecule has 184 valence electrons. The highest BCUT2D eigenvalue weighted by atomic mass is 16.5. The first-order valence-corrected chi connectivity index (χ1v) is 11.5. The Kier molecular flexibility index (Phi) is 8.17. The number of phenols is 1. The van der Waals surface area contributed by atoms with E-state index in [0.717, 1.165) is 16.7 Å². The van der Waals surface area contributed by atoms with Crippen LogP contribution in [0.25, 0.3) is 6.08 Å². The van der Waals surface area contributed by atoms with E-state index in [0.29, 0.717) is 24.3 Å². The fraction of sp³-hybridized carbons (Fsp3) is 0.286. The Hall–Kier alpha value is -3.20. The van der Waals surface area contributed by atoms with Crippen LogP contribution in [0.15, 0.2) is 78.9 Å². The van der Waals surface area contributed by atoms with Crippen LogP contribution in [0, 0.1) is 0 Å². The lowest BCUT2D eigenvalue weighted by Crippen LogP contribution is -2.55. The molecular weight excluding hydrogens is 448 g/mol. The number of benzene rings is 3. The van der Waals surface area contributed by atoms with E-state index < -0.39 is 37.1 Å². The van der Waals surface area contributed by atoms with Crippen LogP contribution < -0.4 is 4.74 Å². The van der Waals surface area contributed by atoms with E-state index in [-0.39, 0.29) is 5.75 Å². The number of rotatable bonds is 8. The van der Waals surface area contributed by atoms with Crippen LogP contribution in [0.2, 0.25) is 0 Å². The molecule has 0 spiro atoms. The second kappa shape index (κ2) is 11.5. The van der Waals surface area contributed by atoms with Gasteiger partial charge in [0.1, 0.15) is 48.6 Å². The topological polar surface area (TPSA) is 120 Å². The summed E-state index contributed by atoms with van der Waals surface area (Å²) in [6.07, 6.45) is -2.00. The highest BCUT2D eigenvalue weighted by Gasteiger charge is 2.44. The average molecular weight is 479 g/mol. The molecule has 1 aliphatic rings. The molecule has 5 atom stereocenters. The van der Waals surface area contributed by atoms with Gasteiger partial charge in [-0.15, -0.1) is 0 Å². The second-order valence-electron chi connectivity index (χ2n) is 8.55. The van der Waals surface area contributed by atoms with Gasteiger partial charge in [-0.1, -0.05) is 66.7 Å². The van der Waals surface area contributed by atoms with Gasteiger partial charge in [0.2, 0.25) is 0 Å². The van der Waals surface area contributed by atoms with Crippen molar-refractivity contribution in [1.29, 1.82) is 0 Å². The summed E-state index contributed by atoms with van der Waals surface area (Å²) >= 11 is 0. The van der Waals surface area contributed by atoms with Gasteiger partial charge < -0.3 is 35.0 Å². The average Bonchev–Trinajstić information content (AvgIpc) is 2.88. The minimum Gasteiger partial charge on any atom is -0.508 e. The first-order chi connectivity index (χ1) is 17.0. The molecule has 0 unspecified atom stereocenters. The maximum absolute atomic E-state index is 10.7. The first kappa shape index (κ1) is 24.9. The molecule has 1 aliphatic heterocycles. The Bertz CT molecular complexity index is 1110. The minimum absolute atomic E-state index is 0.187. The van der Waals surface area contributed by atoms with Gasteiger partial charge in [0, 0.05) is 5.56 Å². The van der Waals surface area contributed by atoms with Crippen molar-refractivity contribution in [3.05, 3.63) is 101 Å². The van der Waals surface area contributed by atoms with Crippen molar-refractivity contribution in [2.45, 2.75) is 43.5 Å². The lowest BCUT2D eigenvalue weighted by Gasteiger charge is -2.41. The zero-order valence-corrected chi connectivity index (χ0v) is 19.1. The molecule has 0 aliphatic carbocycles. The van der Waals surface area contributed by atoms with E-state index in [1.54, 1.807) is 36.4 Å². The molecule has 1 fully saturated rings. The van der Waals surface area contributed by atoms with E-state index in [2.05, 4.69) is 0 Å². The number of hydrogen-bond donors (Lipinski definition) is 5. The molecule has 1 saturated heterocycles. The van der Waals surface area contributed by atoms with Crippen molar-refractivity contribution < 1.29 is 35.0 Å². The zero-order valence-electron chi connectivity index (χ0n) is 19.1. The number of aromatic hydroxyl groups is 1. The third-order valence-corrected chi connectivity index (χ3v) is 6.13. The van der Waals surface area contributed by atoms with E-state index in [4.69, 9.17) is 9.47 Å². The largest absolute Gasteiger partial charge is 0.508 e. The molecule has 0 radical (unpaired) electrons. The van der Waals surface area contributed by atoms with Gasteiger partial charge in [-0.3, -0.25) is 0 Å². The van der Waals surface area contributed by atoms with Gasteiger partial charge in [-0.25, -0.2) is 0 Å². The number of phenolic OH excluding ortho intramolecular Hbond substituents is 1. The van der Waals surface area contributed by atoms with Gasteiger partial charge in [0.25, 0.3) is 0 Å². The molecule has 4 rings (SSSR count). The summed E-state index contributed by atoms with van der Waals surface area (Å²) in [7, 11) is 0. The lowest BCUT2D eigenvalue weighted by molar-refractivity contribution is -0.231. The lowest BCUT2D eigenvalue weighted by atomic mass is 9.88. The van der Waals surface area contributed by atoms with Crippen LogP contribution in [-0.2, 0) is 17.8 Å². The molecular formula is C28H30O7. The van der Waals surface area contributed by atoms with Crippen LogP contribution in [0.5, 0.6) is 11.5 Å². The van der Waals surface area contributed by atoms with Crippen molar-refractivity contribution in [1.82, 2.24) is 0 Å². The summed E-state index contributed by atoms with van der Waals surface area (Å²) in [5.74, 6) is 0.783. The standard InChI is InChI=1S/C28H30O7/c29-16-24-25(31)26(32)27(33)28(35-24)22-10-5-11-23(34-17-19-6-2-1-3-7-19)21(22)9-4-8-18-12-14-20(30)15-13-18/h1-8,10-15,24-33H,9,16-17H2/b8-4+/t24-,25-,26+,27-,28+/m1/s1. The van der Waals surface area contributed by atoms with Crippen LogP contribution in [0.3, 0.4) is 0 Å². The van der Waals surface area contributed by atoms with Crippen molar-refractivity contribution in [2.24, 2.45) is 0 Å². The second-order valence-corrected chi connectivity index (χ2v) is 8.55. The van der Waals surface area contributed by atoms with Crippen molar-refractivity contribution >= 4 is 6.08 Å². The van der Waals surface area contributed by atoms with Gasteiger partial charge in [-0.05, 0) is 41.3 Å². The third kappa shape index (κ3) is 5.90. The molecule has 0 bridgehead atoms. The van der Waals surface area contributed by atoms with E-state index in [9.17, 15) is 25.5 Å². The SMILES string of the molecule is OC[C@H]1O[C@@H](c2cccc(OCc3ccccc3)c2C/C=C/c2ccc(O)cc2)[C@H](O)[C@@H](O)[C@@H]1O. The quantitative estimate of drug-likeness (QED) is 0.338. The summed E-state index contributed by atoms with van der Waals surface area (Å²) in [4.78, 5) is 0. The molecule has 0 saturated carbocycles. The first-order valence-electron chi connectivity index (χ1n) is 11.5. The van der Waals surface area contributed by atoms with Crippen LogP contribution in [-0.4, -0.2) is 56.6 Å². The van der Waals surface area contributed by atoms with Gasteiger partial charge in [0.05, 0.1) is 6.61 Å². The molecule has 5 N–H and O–H groups in total. The summed E-state index contributed by atoms with van der Waals surface area (Å²) in [6, 6.07) is 21.9. The molecule has 3 aromatic carbocycles. The molecule has 0 aromatic heterocycles. The van der Waals surface area contributed by atoms with Gasteiger partial charge in [-0.2, -0.15) is 0 Å². The number of aliphatic hydroxyl groups is 4. The molecule has 3 aromatic rings. The summed E-state index contributed by atoms with van der Waals surface area (Å²) < 4.78 is 12.0. The van der Waals surface area contributed by atoms with Crippen molar-refractivity contribution in [2.75, 3.05) is 6.61 Å². The summed E-state index contributed by atoms with van der Waals surface area (Å²) in [5, 5.41) is 50.4. The van der Waals surface area contributed by atoms with Gasteiger partial charge in [0.15, 0.2) is 0 Å². The molecule has 35 heavy (non-hydrogen) atoms. The summed E-state index contributed by atoms with van der Waals surface area (Å²) in [6.45, 7) is -0.157. The van der Waals surface area contributed by atoms with Gasteiger partial charge >= 0.3 is 0 Å². The predicted octanol–water partition coefficient (Wildman–Crippen LogP) is 2.74. The normalized spacial score (nSPS) is 24.5. The highest BCUT2D eigenvalue weighted by molar-refractivity contribution is 5.52. The third-order valence-electron chi connectivity index (χ3n) is 6.13. The molecule has 1 heterocycles. The summed E-state index contributed by atoms with van der Waals surface area (Å²) in [5.41, 5.74) is 3.25. The van der Waals surface area contributed by atoms with E-state index in [1.165, 1.54) is 0 Å². The molecule has 0 amide bonds. The van der Waals surface area contributed by atoms with Crippen LogP contribution >= 0.6 is 0 Å². The number of hydrogen-bond acceptors (Lipinski definition) is 7. The van der Waals surface area contributed by atoms with Crippen LogP contribution in [0.4, 0.5) is 0 Å². The highest BCUT2D eigenvalue weighted by Crippen LogP contribution is 2.37. The van der Waals surface area contributed by atoms with E-state index in [1.807, 2.05) is 48.6 Å². The van der Waals surface area contributed by atoms with Crippen molar-refractivity contribution in [3.63, 3.8) is 0 Å². The zero-order chi connectivity index (χ0) is 24.8. The molecule has 7 heteroatoms. The Morgan fingerprint density at radius 3 is 2.29 bits per heavy atom. The Labute approximate surface area is 204 Å².